The van der Waals surface area contributed by atoms with Crippen LogP contribution in [0, 0.1) is 0 Å². The van der Waals surface area contributed by atoms with Gasteiger partial charge >= 0.3 is 12.0 Å². The summed E-state index contributed by atoms with van der Waals surface area (Å²) in [7, 11) is 1.52. The van der Waals surface area contributed by atoms with E-state index in [0.29, 0.717) is 17.9 Å². The first kappa shape index (κ1) is 23.0. The van der Waals surface area contributed by atoms with Gasteiger partial charge in [0.05, 0.1) is 26.1 Å². The molecule has 1 aromatic heterocycles. The molecule has 8 nitrogen and oxygen atoms in total. The number of benzene rings is 2. The van der Waals surface area contributed by atoms with Gasteiger partial charge in [-0.1, -0.05) is 30.3 Å². The highest BCUT2D eigenvalue weighted by molar-refractivity contribution is 7.80. The molecule has 1 heterocycles. The Labute approximate surface area is 190 Å². The van der Waals surface area contributed by atoms with E-state index >= 15 is 0 Å². The summed E-state index contributed by atoms with van der Waals surface area (Å²) in [6, 6.07) is 15.8. The Morgan fingerprint density at radius 2 is 1.81 bits per heavy atom. The first-order chi connectivity index (χ1) is 15.4. The number of amides is 2. The van der Waals surface area contributed by atoms with Crippen molar-refractivity contribution in [3.8, 4) is 5.75 Å². The molecule has 0 aliphatic carbocycles. The SMILES string of the molecule is COc1ccc([C@H](CC(=O)O)NC(=O)Nc2cccn(Cc3ccccc3S)c2=O)cc1. The molecule has 0 saturated carbocycles. The van der Waals surface area contributed by atoms with Crippen molar-refractivity contribution in [1.82, 2.24) is 9.88 Å². The van der Waals surface area contributed by atoms with Gasteiger partial charge < -0.3 is 25.0 Å². The zero-order chi connectivity index (χ0) is 23.1. The van der Waals surface area contributed by atoms with E-state index in [9.17, 15) is 19.5 Å². The fourth-order valence-electron chi connectivity index (χ4n) is 3.16. The number of rotatable bonds is 8. The van der Waals surface area contributed by atoms with Crippen LogP contribution in [0.3, 0.4) is 0 Å². The van der Waals surface area contributed by atoms with E-state index in [1.54, 1.807) is 36.5 Å². The molecular weight excluding hydrogens is 430 g/mol. The van der Waals surface area contributed by atoms with E-state index in [2.05, 4.69) is 23.3 Å². The summed E-state index contributed by atoms with van der Waals surface area (Å²) in [5.74, 6) is -0.460. The Balaban J connectivity index is 1.75. The highest BCUT2D eigenvalue weighted by atomic mass is 32.1. The molecule has 0 fully saturated rings. The Morgan fingerprint density at radius 1 is 1.09 bits per heavy atom. The number of urea groups is 1. The minimum Gasteiger partial charge on any atom is -0.497 e. The van der Waals surface area contributed by atoms with Gasteiger partial charge in [-0.3, -0.25) is 9.59 Å². The van der Waals surface area contributed by atoms with Gasteiger partial charge in [0, 0.05) is 11.1 Å². The molecule has 3 aromatic rings. The van der Waals surface area contributed by atoms with Gasteiger partial charge in [-0.25, -0.2) is 4.79 Å². The fourth-order valence-corrected chi connectivity index (χ4v) is 3.40. The number of carboxylic acid groups (broad SMARTS) is 1. The summed E-state index contributed by atoms with van der Waals surface area (Å²) in [5.41, 5.74) is 1.14. The average molecular weight is 454 g/mol. The maximum atomic E-state index is 12.8. The van der Waals surface area contributed by atoms with Crippen LogP contribution < -0.4 is 20.9 Å². The molecule has 0 spiro atoms. The lowest BCUT2D eigenvalue weighted by Crippen LogP contribution is -2.36. The summed E-state index contributed by atoms with van der Waals surface area (Å²) in [6.45, 7) is 0.295. The first-order valence-electron chi connectivity index (χ1n) is 9.77. The lowest BCUT2D eigenvalue weighted by molar-refractivity contribution is -0.137. The predicted octanol–water partition coefficient (Wildman–Crippen LogP) is 3.53. The van der Waals surface area contributed by atoms with E-state index in [1.807, 2.05) is 24.3 Å². The van der Waals surface area contributed by atoms with Gasteiger partial charge in [-0.05, 0) is 41.5 Å². The molecule has 0 radical (unpaired) electrons. The molecule has 9 heteroatoms. The minimum atomic E-state index is -1.07. The van der Waals surface area contributed by atoms with Crippen molar-refractivity contribution in [2.24, 2.45) is 0 Å². The number of hydrogen-bond acceptors (Lipinski definition) is 5. The molecule has 0 aliphatic heterocycles. The summed E-state index contributed by atoms with van der Waals surface area (Å²) >= 11 is 4.40. The summed E-state index contributed by atoms with van der Waals surface area (Å²) in [6.07, 6.45) is 1.30. The summed E-state index contributed by atoms with van der Waals surface area (Å²) < 4.78 is 6.57. The lowest BCUT2D eigenvalue weighted by Gasteiger charge is -2.18. The molecule has 2 aromatic carbocycles. The fraction of sp³-hybridized carbons (Fsp3) is 0.174. The number of anilines is 1. The van der Waals surface area contributed by atoms with Gasteiger partial charge in [-0.2, -0.15) is 0 Å². The Hall–Kier alpha value is -3.72. The van der Waals surface area contributed by atoms with Crippen LogP contribution in [0.4, 0.5) is 10.5 Å². The van der Waals surface area contributed by atoms with Crippen LogP contribution in [0.5, 0.6) is 5.75 Å². The summed E-state index contributed by atoms with van der Waals surface area (Å²) in [5, 5.41) is 14.4. The average Bonchev–Trinajstić information content (AvgIpc) is 2.77. The third kappa shape index (κ3) is 5.92. The third-order valence-electron chi connectivity index (χ3n) is 4.80. The van der Waals surface area contributed by atoms with Gasteiger partial charge in [-0.15, -0.1) is 12.6 Å². The van der Waals surface area contributed by atoms with Crippen molar-refractivity contribution < 1.29 is 19.4 Å². The highest BCUT2D eigenvalue weighted by Gasteiger charge is 2.19. The van der Waals surface area contributed by atoms with Crippen LogP contribution in [0.15, 0.2) is 76.6 Å². The first-order valence-corrected chi connectivity index (χ1v) is 10.2. The molecule has 0 saturated heterocycles. The molecule has 0 unspecified atom stereocenters. The van der Waals surface area contributed by atoms with Crippen LogP contribution in [-0.2, 0) is 11.3 Å². The predicted molar refractivity (Wildman–Crippen MR) is 124 cm³/mol. The van der Waals surface area contributed by atoms with Crippen LogP contribution in [0.25, 0.3) is 0 Å². The lowest BCUT2D eigenvalue weighted by atomic mass is 10.0. The van der Waals surface area contributed by atoms with E-state index in [4.69, 9.17) is 4.74 Å². The topological polar surface area (TPSA) is 110 Å². The van der Waals surface area contributed by atoms with Gasteiger partial charge in [0.2, 0.25) is 0 Å². The second-order valence-corrected chi connectivity index (χ2v) is 7.49. The zero-order valence-corrected chi connectivity index (χ0v) is 18.2. The molecular formula is C23H23N3O5S. The van der Waals surface area contributed by atoms with Crippen molar-refractivity contribution in [1.29, 1.82) is 0 Å². The van der Waals surface area contributed by atoms with Crippen molar-refractivity contribution in [2.45, 2.75) is 23.9 Å². The number of nitrogens with one attached hydrogen (secondary N) is 2. The number of nitrogens with zero attached hydrogens (tertiary/aromatic N) is 1. The van der Waals surface area contributed by atoms with E-state index in [-0.39, 0.29) is 12.1 Å². The second kappa shape index (κ2) is 10.5. The minimum absolute atomic E-state index is 0.0745. The van der Waals surface area contributed by atoms with Gasteiger partial charge in [0.15, 0.2) is 0 Å². The molecule has 3 rings (SSSR count). The van der Waals surface area contributed by atoms with Crippen LogP contribution >= 0.6 is 12.6 Å². The smallest absolute Gasteiger partial charge is 0.319 e. The number of aliphatic carboxylic acids is 1. The van der Waals surface area contributed by atoms with Crippen molar-refractivity contribution in [3.63, 3.8) is 0 Å². The van der Waals surface area contributed by atoms with Crippen molar-refractivity contribution >= 4 is 30.3 Å². The standard InChI is InChI=1S/C23H23N3O5S/c1-31-17-10-8-15(9-11-17)19(13-21(27)28)25-23(30)24-18-6-4-12-26(22(18)29)14-16-5-2-3-7-20(16)32/h2-12,19,32H,13-14H2,1H3,(H,27,28)(H2,24,25,30)/t19-/m0/s1. The Bertz CT molecular complexity index is 1160. The molecule has 1 atom stereocenters. The molecule has 0 aliphatic rings. The maximum absolute atomic E-state index is 12.8. The quantitative estimate of drug-likeness (QED) is 0.390. The largest absolute Gasteiger partial charge is 0.497 e. The number of carbonyl (C=O) groups excluding carboxylic acids is 1. The van der Waals surface area contributed by atoms with E-state index in [1.165, 1.54) is 17.7 Å². The number of thiol groups is 1. The molecule has 32 heavy (non-hydrogen) atoms. The normalized spacial score (nSPS) is 11.4. The summed E-state index contributed by atoms with van der Waals surface area (Å²) in [4.78, 5) is 37.4. The third-order valence-corrected chi connectivity index (χ3v) is 5.24. The number of aromatic nitrogens is 1. The van der Waals surface area contributed by atoms with Crippen LogP contribution in [0.2, 0.25) is 0 Å². The number of carbonyl (C=O) groups is 2. The van der Waals surface area contributed by atoms with Crippen molar-refractivity contribution in [3.05, 3.63) is 88.3 Å². The number of carboxylic acids is 1. The van der Waals surface area contributed by atoms with E-state index in [0.717, 1.165) is 10.5 Å². The molecule has 2 amide bonds. The van der Waals surface area contributed by atoms with E-state index < -0.39 is 23.6 Å². The molecule has 166 valence electrons. The van der Waals surface area contributed by atoms with Crippen LogP contribution in [0.1, 0.15) is 23.6 Å². The number of pyridine rings is 1. The monoisotopic (exact) mass is 453 g/mol. The second-order valence-electron chi connectivity index (χ2n) is 7.01. The highest BCUT2D eigenvalue weighted by Crippen LogP contribution is 2.21. The zero-order valence-electron chi connectivity index (χ0n) is 17.3. The maximum Gasteiger partial charge on any atom is 0.319 e. The number of methoxy groups -OCH3 is 1. The Morgan fingerprint density at radius 3 is 2.47 bits per heavy atom. The van der Waals surface area contributed by atoms with Gasteiger partial charge in [0.1, 0.15) is 11.4 Å². The molecule has 0 bridgehead atoms. The number of hydrogen-bond donors (Lipinski definition) is 4. The Kier molecular flexibility index (Phi) is 7.56. The molecule has 3 N–H and O–H groups in total. The van der Waals surface area contributed by atoms with Crippen LogP contribution in [-0.4, -0.2) is 28.8 Å². The number of ether oxygens (including phenoxy) is 1. The van der Waals surface area contributed by atoms with Crippen molar-refractivity contribution in [2.75, 3.05) is 12.4 Å². The van der Waals surface area contributed by atoms with Gasteiger partial charge in [0.25, 0.3) is 5.56 Å².